The maximum Gasteiger partial charge on any atom is 0.254 e. The molecule has 2 rings (SSSR count). The van der Waals surface area contributed by atoms with Gasteiger partial charge in [0.25, 0.3) is 5.91 Å². The number of nitrogens with one attached hydrogen (secondary N) is 2. The lowest BCUT2D eigenvalue weighted by Crippen LogP contribution is -2.45. The molecule has 1 fully saturated rings. The predicted molar refractivity (Wildman–Crippen MR) is 67.4 cm³/mol. The highest BCUT2D eigenvalue weighted by molar-refractivity contribution is 6.34. The van der Waals surface area contributed by atoms with Crippen LogP contribution in [0.2, 0.25) is 5.02 Å². The summed E-state index contributed by atoms with van der Waals surface area (Å²) in [6.45, 7) is 3.78. The minimum absolute atomic E-state index is 0.159. The Kier molecular flexibility index (Phi) is 3.99. The fraction of sp³-hybridized carbons (Fsp3) is 0.417. The zero-order chi connectivity index (χ0) is 12.3. The van der Waals surface area contributed by atoms with Crippen LogP contribution in [0.25, 0.3) is 0 Å². The number of carbonyl (C=O) groups excluding carboxylic acids is 1. The molecule has 0 saturated carbocycles. The van der Waals surface area contributed by atoms with Crippen molar-refractivity contribution in [2.24, 2.45) is 0 Å². The second-order valence-corrected chi connectivity index (χ2v) is 4.39. The van der Waals surface area contributed by atoms with Gasteiger partial charge in [0.15, 0.2) is 0 Å². The number of ether oxygens (including phenoxy) is 1. The number of rotatable bonds is 2. The Morgan fingerprint density at radius 3 is 3.06 bits per heavy atom. The van der Waals surface area contributed by atoms with Crippen LogP contribution in [0.3, 0.4) is 0 Å². The molecule has 1 amide bonds. The van der Waals surface area contributed by atoms with Crippen LogP contribution in [-0.4, -0.2) is 31.7 Å². The number of aryl methyl sites for hydroxylation is 1. The highest BCUT2D eigenvalue weighted by Crippen LogP contribution is 2.25. The lowest BCUT2D eigenvalue weighted by Gasteiger charge is -2.23. The van der Waals surface area contributed by atoms with Gasteiger partial charge in [0.1, 0.15) is 6.10 Å². The van der Waals surface area contributed by atoms with E-state index in [1.165, 1.54) is 0 Å². The normalized spacial score (nSPS) is 20.0. The highest BCUT2D eigenvalue weighted by Gasteiger charge is 2.22. The first-order chi connectivity index (χ1) is 8.18. The molecule has 0 aromatic heterocycles. The average molecular weight is 255 g/mol. The van der Waals surface area contributed by atoms with Gasteiger partial charge >= 0.3 is 0 Å². The predicted octanol–water partition coefficient (Wildman–Crippen LogP) is 1.58. The molecule has 92 valence electrons. The second-order valence-electron chi connectivity index (χ2n) is 3.98. The van der Waals surface area contributed by atoms with Gasteiger partial charge in [0.2, 0.25) is 0 Å². The van der Waals surface area contributed by atoms with Crippen LogP contribution in [0.15, 0.2) is 18.2 Å². The summed E-state index contributed by atoms with van der Waals surface area (Å²) in [5, 5.41) is 6.47. The molecule has 0 aliphatic carbocycles. The van der Waals surface area contributed by atoms with Crippen LogP contribution in [0.1, 0.15) is 5.56 Å². The molecular weight excluding hydrogens is 240 g/mol. The fourth-order valence-electron chi connectivity index (χ4n) is 1.73. The van der Waals surface area contributed by atoms with Gasteiger partial charge in [0, 0.05) is 13.1 Å². The molecule has 4 nitrogen and oxygen atoms in total. The van der Waals surface area contributed by atoms with Crippen molar-refractivity contribution < 1.29 is 9.53 Å². The van der Waals surface area contributed by atoms with E-state index in [9.17, 15) is 4.79 Å². The van der Waals surface area contributed by atoms with Gasteiger partial charge in [-0.05, 0) is 18.6 Å². The van der Waals surface area contributed by atoms with Crippen molar-refractivity contribution >= 4 is 23.2 Å². The maximum absolute atomic E-state index is 11.9. The lowest BCUT2D eigenvalue weighted by atomic mass is 10.2. The summed E-state index contributed by atoms with van der Waals surface area (Å²) < 4.78 is 5.37. The van der Waals surface area contributed by atoms with Gasteiger partial charge in [-0.3, -0.25) is 4.79 Å². The topological polar surface area (TPSA) is 50.4 Å². The van der Waals surface area contributed by atoms with Crippen molar-refractivity contribution in [3.8, 4) is 0 Å². The van der Waals surface area contributed by atoms with Gasteiger partial charge in [-0.1, -0.05) is 23.7 Å². The Morgan fingerprint density at radius 2 is 2.41 bits per heavy atom. The summed E-state index contributed by atoms with van der Waals surface area (Å²) in [5.74, 6) is -0.159. The minimum atomic E-state index is -0.445. The fourth-order valence-corrected chi connectivity index (χ4v) is 2.00. The molecular formula is C12H15ClN2O2. The Labute approximate surface area is 105 Å². The molecule has 17 heavy (non-hydrogen) atoms. The summed E-state index contributed by atoms with van der Waals surface area (Å²) >= 11 is 6.04. The summed E-state index contributed by atoms with van der Waals surface area (Å²) in [4.78, 5) is 11.9. The SMILES string of the molecule is Cc1cccc(Cl)c1NC(=O)C1CNCCO1. The van der Waals surface area contributed by atoms with Crippen LogP contribution < -0.4 is 10.6 Å². The molecule has 1 atom stereocenters. The number of para-hydroxylation sites is 1. The van der Waals surface area contributed by atoms with Crippen LogP contribution in [-0.2, 0) is 9.53 Å². The Hall–Kier alpha value is -1.10. The van der Waals surface area contributed by atoms with Crippen molar-refractivity contribution in [3.63, 3.8) is 0 Å². The molecule has 1 aromatic carbocycles. The molecule has 1 aromatic rings. The summed E-state index contributed by atoms with van der Waals surface area (Å²) in [6.07, 6.45) is -0.445. The van der Waals surface area contributed by atoms with Crippen molar-refractivity contribution in [1.82, 2.24) is 5.32 Å². The first-order valence-corrected chi connectivity index (χ1v) is 5.94. The first kappa shape index (κ1) is 12.4. The van der Waals surface area contributed by atoms with Crippen LogP contribution in [0.4, 0.5) is 5.69 Å². The molecule has 1 unspecified atom stereocenters. The number of anilines is 1. The molecule has 1 saturated heterocycles. The van der Waals surface area contributed by atoms with Crippen molar-refractivity contribution in [3.05, 3.63) is 28.8 Å². The van der Waals surface area contributed by atoms with Crippen LogP contribution >= 0.6 is 11.6 Å². The Bertz CT molecular complexity index is 397. The van der Waals surface area contributed by atoms with Gasteiger partial charge in [-0.15, -0.1) is 0 Å². The lowest BCUT2D eigenvalue weighted by molar-refractivity contribution is -0.128. The third-order valence-electron chi connectivity index (χ3n) is 2.69. The average Bonchev–Trinajstić information content (AvgIpc) is 2.35. The molecule has 2 N–H and O–H groups in total. The van der Waals surface area contributed by atoms with Crippen molar-refractivity contribution in [2.45, 2.75) is 13.0 Å². The number of carbonyl (C=O) groups is 1. The molecule has 1 aliphatic heterocycles. The Morgan fingerprint density at radius 1 is 1.59 bits per heavy atom. The summed E-state index contributed by atoms with van der Waals surface area (Å²) in [6, 6.07) is 5.51. The van der Waals surface area contributed by atoms with E-state index < -0.39 is 6.10 Å². The molecule has 0 radical (unpaired) electrons. The zero-order valence-electron chi connectivity index (χ0n) is 9.63. The number of hydrogen-bond donors (Lipinski definition) is 2. The largest absolute Gasteiger partial charge is 0.366 e. The van der Waals surface area contributed by atoms with Gasteiger partial charge in [-0.25, -0.2) is 0 Å². The van der Waals surface area contributed by atoms with Crippen molar-refractivity contribution in [2.75, 3.05) is 25.0 Å². The third-order valence-corrected chi connectivity index (χ3v) is 3.01. The van der Waals surface area contributed by atoms with E-state index in [1.54, 1.807) is 6.07 Å². The molecule has 0 bridgehead atoms. The minimum Gasteiger partial charge on any atom is -0.366 e. The van der Waals surface area contributed by atoms with Gasteiger partial charge in [0.05, 0.1) is 17.3 Å². The van der Waals surface area contributed by atoms with E-state index in [0.29, 0.717) is 23.9 Å². The zero-order valence-corrected chi connectivity index (χ0v) is 10.4. The number of benzene rings is 1. The standard InChI is InChI=1S/C12H15ClN2O2/c1-8-3-2-4-9(13)11(8)15-12(16)10-7-14-5-6-17-10/h2-4,10,14H,5-7H2,1H3,(H,15,16). The highest BCUT2D eigenvalue weighted by atomic mass is 35.5. The van der Waals surface area contributed by atoms with Crippen molar-refractivity contribution in [1.29, 1.82) is 0 Å². The van der Waals surface area contributed by atoms with Gasteiger partial charge < -0.3 is 15.4 Å². The monoisotopic (exact) mass is 254 g/mol. The number of halogens is 1. The third kappa shape index (κ3) is 2.97. The maximum atomic E-state index is 11.9. The Balaban J connectivity index is 2.07. The quantitative estimate of drug-likeness (QED) is 0.843. The smallest absolute Gasteiger partial charge is 0.254 e. The number of hydrogen-bond acceptors (Lipinski definition) is 3. The number of morpholine rings is 1. The van der Waals surface area contributed by atoms with E-state index in [2.05, 4.69) is 10.6 Å². The van der Waals surface area contributed by atoms with E-state index in [1.807, 2.05) is 19.1 Å². The van der Waals surface area contributed by atoms with E-state index >= 15 is 0 Å². The first-order valence-electron chi connectivity index (χ1n) is 5.57. The van der Waals surface area contributed by atoms with Crippen LogP contribution in [0, 0.1) is 6.92 Å². The summed E-state index contributed by atoms with van der Waals surface area (Å²) in [7, 11) is 0. The molecule has 1 heterocycles. The molecule has 0 spiro atoms. The second kappa shape index (κ2) is 5.49. The van der Waals surface area contributed by atoms with Gasteiger partial charge in [-0.2, -0.15) is 0 Å². The summed E-state index contributed by atoms with van der Waals surface area (Å²) in [5.41, 5.74) is 1.60. The molecule has 1 aliphatic rings. The number of amides is 1. The van der Waals surface area contributed by atoms with E-state index in [0.717, 1.165) is 12.1 Å². The van der Waals surface area contributed by atoms with E-state index in [-0.39, 0.29) is 5.91 Å². The van der Waals surface area contributed by atoms with Crippen LogP contribution in [0.5, 0.6) is 0 Å². The molecule has 5 heteroatoms. The van der Waals surface area contributed by atoms with E-state index in [4.69, 9.17) is 16.3 Å².